The monoisotopic (exact) mass is 579 g/mol. The lowest BCUT2D eigenvalue weighted by Gasteiger charge is -2.43. The number of halogens is 1. The summed E-state index contributed by atoms with van der Waals surface area (Å²) in [6, 6.07) is 21.0. The minimum absolute atomic E-state index is 0.117. The summed E-state index contributed by atoms with van der Waals surface area (Å²) >= 11 is 6.78. The van der Waals surface area contributed by atoms with Gasteiger partial charge in [-0.05, 0) is 61.7 Å². The van der Waals surface area contributed by atoms with E-state index in [1.807, 2.05) is 74.6 Å². The fourth-order valence-corrected chi connectivity index (χ4v) is 5.63. The zero-order valence-corrected chi connectivity index (χ0v) is 24.5. The number of hydrogen-bond donors (Lipinski definition) is 3. The number of carbonyl (C=O) groups is 2. The molecule has 0 spiro atoms. The molecule has 0 bridgehead atoms. The molecule has 0 aromatic heterocycles. The van der Waals surface area contributed by atoms with Gasteiger partial charge in [-0.2, -0.15) is 0 Å². The molecular weight excluding hydrogens is 542 g/mol. The van der Waals surface area contributed by atoms with E-state index in [0.717, 1.165) is 23.2 Å². The van der Waals surface area contributed by atoms with Gasteiger partial charge in [0.25, 0.3) is 5.91 Å². The van der Waals surface area contributed by atoms with Crippen LogP contribution in [0.3, 0.4) is 0 Å². The Morgan fingerprint density at radius 1 is 1.15 bits per heavy atom. The van der Waals surface area contributed by atoms with Crippen LogP contribution in [0.25, 0.3) is 11.1 Å². The minimum atomic E-state index is -1.52. The summed E-state index contributed by atoms with van der Waals surface area (Å²) < 4.78 is 10.9. The first-order valence-electron chi connectivity index (χ1n) is 13.8. The number of nitrogens with one attached hydrogen (secondary N) is 2. The van der Waals surface area contributed by atoms with Gasteiger partial charge in [-0.3, -0.25) is 4.79 Å². The van der Waals surface area contributed by atoms with Crippen LogP contribution < -0.4 is 10.6 Å². The Morgan fingerprint density at radius 2 is 1.90 bits per heavy atom. The number of benzene rings is 3. The van der Waals surface area contributed by atoms with Crippen molar-refractivity contribution in [3.63, 3.8) is 0 Å². The number of aryl methyl sites for hydroxylation is 1. The number of ether oxygens (including phenoxy) is 2. The lowest BCUT2D eigenvalue weighted by Crippen LogP contribution is -2.54. The molecule has 3 N–H and O–H groups in total. The maximum Gasteiger partial charge on any atom is 0.406 e. The number of methoxy groups -OCH3 is 1. The van der Waals surface area contributed by atoms with Crippen molar-refractivity contribution in [2.45, 2.75) is 38.0 Å². The molecule has 0 saturated carbocycles. The van der Waals surface area contributed by atoms with Crippen molar-refractivity contribution in [2.75, 3.05) is 40.4 Å². The minimum Gasteiger partial charge on any atom is -0.453 e. The summed E-state index contributed by atoms with van der Waals surface area (Å²) in [5.41, 5.74) is 3.42. The molecule has 8 nitrogen and oxygen atoms in total. The lowest BCUT2D eigenvalue weighted by molar-refractivity contribution is -0.146. The molecule has 4 rings (SSSR count). The average molecular weight is 580 g/mol. The van der Waals surface area contributed by atoms with Crippen molar-refractivity contribution < 1.29 is 24.2 Å². The number of nitrogens with zero attached hydrogens (tertiary/aromatic N) is 1. The van der Waals surface area contributed by atoms with Crippen molar-refractivity contribution >= 4 is 23.6 Å². The van der Waals surface area contributed by atoms with Crippen LogP contribution in [0, 0.1) is 6.92 Å². The molecule has 1 heterocycles. The zero-order chi connectivity index (χ0) is 29.4. The Kier molecular flexibility index (Phi) is 10.4. The highest BCUT2D eigenvalue weighted by Crippen LogP contribution is 2.42. The maximum absolute atomic E-state index is 13.5. The molecule has 1 saturated heterocycles. The second-order valence-electron chi connectivity index (χ2n) is 10.3. The maximum atomic E-state index is 13.5. The number of carbonyl (C=O) groups excluding carboxylic acids is 2. The van der Waals surface area contributed by atoms with E-state index in [4.69, 9.17) is 16.3 Å². The van der Waals surface area contributed by atoms with Crippen molar-refractivity contribution in [3.8, 4) is 11.1 Å². The second-order valence-corrected chi connectivity index (χ2v) is 10.7. The van der Waals surface area contributed by atoms with E-state index in [0.29, 0.717) is 41.2 Å². The van der Waals surface area contributed by atoms with Crippen LogP contribution in [0.1, 0.15) is 39.9 Å². The Morgan fingerprint density at radius 3 is 2.61 bits per heavy atom. The van der Waals surface area contributed by atoms with Gasteiger partial charge in [0, 0.05) is 35.8 Å². The summed E-state index contributed by atoms with van der Waals surface area (Å²) in [7, 11) is 3.19. The van der Waals surface area contributed by atoms with E-state index in [9.17, 15) is 14.7 Å². The highest BCUT2D eigenvalue weighted by atomic mass is 35.5. The smallest absolute Gasteiger partial charge is 0.406 e. The first-order chi connectivity index (χ1) is 19.8. The Balaban J connectivity index is 1.67. The number of morpholine rings is 1. The quantitative estimate of drug-likeness (QED) is 0.296. The molecule has 1 fully saturated rings. The molecule has 0 unspecified atom stereocenters. The van der Waals surface area contributed by atoms with Crippen LogP contribution in [0.5, 0.6) is 0 Å². The Bertz CT molecular complexity index is 1350. The Hall–Kier alpha value is -3.43. The van der Waals surface area contributed by atoms with Gasteiger partial charge in [-0.1, -0.05) is 65.7 Å². The number of hydrogen-bond acceptors (Lipinski definition) is 6. The lowest BCUT2D eigenvalue weighted by atomic mass is 9.79. The van der Waals surface area contributed by atoms with Crippen LogP contribution >= 0.6 is 11.6 Å². The topological polar surface area (TPSA) is 100 Å². The third-order valence-electron chi connectivity index (χ3n) is 7.44. The molecule has 0 aliphatic carbocycles. The third-order valence-corrected chi connectivity index (χ3v) is 7.76. The fraction of sp³-hybridized carbons (Fsp3) is 0.375. The average Bonchev–Trinajstić information content (AvgIpc) is 2.99. The van der Waals surface area contributed by atoms with Gasteiger partial charge in [0.05, 0.1) is 20.3 Å². The molecule has 1 aliphatic heterocycles. The summed E-state index contributed by atoms with van der Waals surface area (Å²) in [4.78, 5) is 26.9. The van der Waals surface area contributed by atoms with Gasteiger partial charge < -0.3 is 30.1 Å². The molecule has 3 aromatic carbocycles. The van der Waals surface area contributed by atoms with Crippen molar-refractivity contribution in [1.29, 1.82) is 0 Å². The molecule has 2 atom stereocenters. The molecular formula is C32H38ClN3O5. The van der Waals surface area contributed by atoms with Crippen molar-refractivity contribution in [1.82, 2.24) is 15.5 Å². The normalized spacial score (nSPS) is 16.6. The second kappa shape index (κ2) is 14.0. The van der Waals surface area contributed by atoms with Crippen LogP contribution in [-0.4, -0.2) is 68.5 Å². The summed E-state index contributed by atoms with van der Waals surface area (Å²) in [5, 5.41) is 18.8. The number of rotatable bonds is 10. The molecule has 3 aromatic rings. The predicted octanol–water partition coefficient (Wildman–Crippen LogP) is 4.90. The summed E-state index contributed by atoms with van der Waals surface area (Å²) in [6.45, 7) is 3.89. The van der Waals surface area contributed by atoms with Crippen LogP contribution in [0.2, 0.25) is 5.02 Å². The summed E-state index contributed by atoms with van der Waals surface area (Å²) in [5.74, 6) is -0.117. The van der Waals surface area contributed by atoms with Crippen LogP contribution in [-0.2, 0) is 21.6 Å². The zero-order valence-electron chi connectivity index (χ0n) is 23.8. The Labute approximate surface area is 246 Å². The molecule has 0 radical (unpaired) electrons. The molecule has 2 amide bonds. The van der Waals surface area contributed by atoms with E-state index in [-0.39, 0.29) is 25.5 Å². The SMILES string of the molecule is CNCc1ccc(C(=O)N2CCO[C@@H]([C@@](O)(CCCNC(=O)OC)c3cccc(Cl)c3-c3cccc(C)c3)C2)cc1. The van der Waals surface area contributed by atoms with Gasteiger partial charge in [0.15, 0.2) is 0 Å². The molecule has 1 aliphatic rings. The van der Waals surface area contributed by atoms with Gasteiger partial charge in [-0.25, -0.2) is 4.79 Å². The van der Waals surface area contributed by atoms with Gasteiger partial charge in [0.2, 0.25) is 0 Å². The first-order valence-corrected chi connectivity index (χ1v) is 14.2. The highest BCUT2D eigenvalue weighted by Gasteiger charge is 2.44. The van der Waals surface area contributed by atoms with E-state index in [2.05, 4.69) is 15.4 Å². The van der Waals surface area contributed by atoms with Crippen molar-refractivity contribution in [3.05, 3.63) is 94.0 Å². The summed E-state index contributed by atoms with van der Waals surface area (Å²) in [6.07, 6.45) is -0.583. The number of alkyl carbamates (subject to hydrolysis) is 1. The molecule has 41 heavy (non-hydrogen) atoms. The third kappa shape index (κ3) is 7.26. The first kappa shape index (κ1) is 30.5. The standard InChI is InChI=1S/C32H38ClN3O5/c1-22-7-4-8-25(19-22)29-26(9-5-10-27(29)33)32(39,15-6-16-35-31(38)40-3)28-21-36(17-18-41-28)30(37)24-13-11-23(12-14-24)20-34-2/h4-5,7-14,19,28,34,39H,6,15-18,20-21H2,1-3H3,(H,35,38)/t28-,32-/m1/s1. The largest absolute Gasteiger partial charge is 0.453 e. The van der Waals surface area contributed by atoms with E-state index >= 15 is 0 Å². The van der Waals surface area contributed by atoms with Gasteiger partial charge >= 0.3 is 6.09 Å². The van der Waals surface area contributed by atoms with E-state index in [1.165, 1.54) is 7.11 Å². The molecule has 218 valence electrons. The predicted molar refractivity (Wildman–Crippen MR) is 160 cm³/mol. The van der Waals surface area contributed by atoms with Gasteiger partial charge in [0.1, 0.15) is 11.7 Å². The van der Waals surface area contributed by atoms with E-state index < -0.39 is 17.8 Å². The number of amides is 2. The van der Waals surface area contributed by atoms with Crippen LogP contribution in [0.15, 0.2) is 66.7 Å². The number of aliphatic hydroxyl groups is 1. The van der Waals surface area contributed by atoms with Crippen molar-refractivity contribution in [2.24, 2.45) is 0 Å². The van der Waals surface area contributed by atoms with Crippen LogP contribution in [0.4, 0.5) is 4.79 Å². The van der Waals surface area contributed by atoms with E-state index in [1.54, 1.807) is 11.0 Å². The molecule has 9 heteroatoms. The highest BCUT2D eigenvalue weighted by molar-refractivity contribution is 6.33. The van der Waals surface area contributed by atoms with Gasteiger partial charge in [-0.15, -0.1) is 0 Å². The fourth-order valence-electron chi connectivity index (χ4n) is 5.34.